The Bertz CT molecular complexity index is 1010. The van der Waals surface area contributed by atoms with Gasteiger partial charge in [0.2, 0.25) is 17.5 Å². The largest absolute Gasteiger partial charge is 0.483 e. The number of hydrogen-bond donors (Lipinski definition) is 0. The maximum atomic E-state index is 12.4. The fourth-order valence-electron chi connectivity index (χ4n) is 4.39. The first kappa shape index (κ1) is 20.9. The van der Waals surface area contributed by atoms with E-state index in [0.717, 1.165) is 39.8 Å². The molecular formula is C24H27BrN2O3. The summed E-state index contributed by atoms with van der Waals surface area (Å²) in [5, 5.41) is 5.89. The van der Waals surface area contributed by atoms with Crippen LogP contribution in [0, 0.1) is 13.8 Å². The molecule has 30 heavy (non-hydrogen) atoms. The van der Waals surface area contributed by atoms with Crippen molar-refractivity contribution in [2.75, 3.05) is 6.61 Å². The first-order chi connectivity index (χ1) is 14.3. The summed E-state index contributed by atoms with van der Waals surface area (Å²) in [4.78, 5) is 12.4. The van der Waals surface area contributed by atoms with Crippen molar-refractivity contribution in [3.63, 3.8) is 0 Å². The molecule has 0 unspecified atom stereocenters. The third-order valence-electron chi connectivity index (χ3n) is 5.88. The van der Waals surface area contributed by atoms with E-state index in [1.807, 2.05) is 32.9 Å². The maximum Gasteiger partial charge on any atom is 0.247 e. The normalized spacial score (nSPS) is 20.4. The Balaban J connectivity index is 1.58. The summed E-state index contributed by atoms with van der Waals surface area (Å²) < 4.78 is 13.3. The fraction of sp³-hybridized carbons (Fsp3) is 0.417. The quantitative estimate of drug-likeness (QED) is 0.601. The van der Waals surface area contributed by atoms with Crippen LogP contribution >= 0.6 is 15.9 Å². The van der Waals surface area contributed by atoms with Gasteiger partial charge in [0, 0.05) is 23.9 Å². The number of nitrogens with zero attached hydrogens (tertiary/aromatic N) is 2. The zero-order valence-corrected chi connectivity index (χ0v) is 19.5. The zero-order valence-electron chi connectivity index (χ0n) is 17.9. The smallest absolute Gasteiger partial charge is 0.247 e. The molecule has 0 saturated heterocycles. The van der Waals surface area contributed by atoms with E-state index in [9.17, 15) is 4.79 Å². The second-order valence-electron chi connectivity index (χ2n) is 8.26. The van der Waals surface area contributed by atoms with Crippen LogP contribution in [0.5, 0.6) is 5.75 Å². The van der Waals surface area contributed by atoms with Crippen molar-refractivity contribution in [2.24, 2.45) is 5.10 Å². The number of hydrogen-bond acceptors (Lipinski definition) is 4. The van der Waals surface area contributed by atoms with Crippen molar-refractivity contribution >= 4 is 27.7 Å². The molecule has 0 radical (unpaired) electrons. The van der Waals surface area contributed by atoms with Crippen LogP contribution in [0.1, 0.15) is 54.5 Å². The minimum absolute atomic E-state index is 0.160. The summed E-state index contributed by atoms with van der Waals surface area (Å²) in [6, 6.07) is 10.4. The second kappa shape index (κ2) is 8.06. The van der Waals surface area contributed by atoms with Crippen LogP contribution in [0.2, 0.25) is 0 Å². The van der Waals surface area contributed by atoms with Crippen LogP contribution in [0.15, 0.2) is 39.9 Å². The molecule has 0 aromatic heterocycles. The number of aryl methyl sites for hydroxylation is 4. The maximum absolute atomic E-state index is 12.4. The molecule has 1 aliphatic heterocycles. The molecule has 5 nitrogen and oxygen atoms in total. The third kappa shape index (κ3) is 3.85. The number of halogens is 1. The molecule has 2 aromatic rings. The highest BCUT2D eigenvalue weighted by Gasteiger charge is 2.45. The van der Waals surface area contributed by atoms with Gasteiger partial charge in [-0.25, -0.2) is 0 Å². The van der Waals surface area contributed by atoms with E-state index in [1.165, 1.54) is 35.9 Å². The number of hydrazone groups is 1. The topological polar surface area (TPSA) is 51.1 Å². The van der Waals surface area contributed by atoms with E-state index in [1.54, 1.807) is 0 Å². The molecule has 1 aliphatic carbocycles. The Labute approximate surface area is 186 Å². The highest BCUT2D eigenvalue weighted by Crippen LogP contribution is 2.37. The monoisotopic (exact) mass is 470 g/mol. The summed E-state index contributed by atoms with van der Waals surface area (Å²) in [5.74, 6) is 1.04. The molecule has 0 fully saturated rings. The van der Waals surface area contributed by atoms with Gasteiger partial charge in [-0.15, -0.1) is 5.10 Å². The SMILES string of the molecule is CC(=O)N1N=C(COc2c(C)cc(Br)cc2C)O[C@]1(C)c1ccc2c(c1)CCCC2. The highest BCUT2D eigenvalue weighted by molar-refractivity contribution is 9.10. The number of carbonyl (C=O) groups excluding carboxylic acids is 1. The van der Waals surface area contributed by atoms with Crippen LogP contribution < -0.4 is 4.74 Å². The Hall–Kier alpha value is -2.34. The predicted octanol–water partition coefficient (Wildman–Crippen LogP) is 5.39. The van der Waals surface area contributed by atoms with Crippen LogP contribution in [-0.2, 0) is 28.1 Å². The summed E-state index contributed by atoms with van der Waals surface area (Å²) in [7, 11) is 0. The molecule has 0 spiro atoms. The molecule has 6 heteroatoms. The first-order valence-corrected chi connectivity index (χ1v) is 11.2. The first-order valence-electron chi connectivity index (χ1n) is 10.4. The van der Waals surface area contributed by atoms with E-state index >= 15 is 0 Å². The van der Waals surface area contributed by atoms with Gasteiger partial charge < -0.3 is 9.47 Å². The highest BCUT2D eigenvalue weighted by atomic mass is 79.9. The van der Waals surface area contributed by atoms with Crippen molar-refractivity contribution in [3.05, 3.63) is 62.6 Å². The lowest BCUT2D eigenvalue weighted by Crippen LogP contribution is -2.41. The van der Waals surface area contributed by atoms with Crippen LogP contribution in [0.3, 0.4) is 0 Å². The van der Waals surface area contributed by atoms with Gasteiger partial charge in [0.15, 0.2) is 6.61 Å². The minimum atomic E-state index is -0.971. The van der Waals surface area contributed by atoms with Gasteiger partial charge in [-0.2, -0.15) is 5.01 Å². The number of benzene rings is 2. The molecule has 158 valence electrons. The van der Waals surface area contributed by atoms with Crippen LogP contribution in [0.4, 0.5) is 0 Å². The molecule has 1 atom stereocenters. The summed E-state index contributed by atoms with van der Waals surface area (Å²) >= 11 is 3.51. The summed E-state index contributed by atoms with van der Waals surface area (Å²) in [5.41, 5.74) is 4.76. The second-order valence-corrected chi connectivity index (χ2v) is 9.17. The lowest BCUT2D eigenvalue weighted by molar-refractivity contribution is -0.146. The zero-order chi connectivity index (χ0) is 21.5. The number of fused-ring (bicyclic) bond motifs is 1. The van der Waals surface area contributed by atoms with Crippen molar-refractivity contribution in [3.8, 4) is 5.75 Å². The fourth-order valence-corrected chi connectivity index (χ4v) is 5.08. The van der Waals surface area contributed by atoms with Crippen molar-refractivity contribution < 1.29 is 14.3 Å². The standard InChI is InChI=1S/C24H27BrN2O3/c1-15-11-21(25)12-16(2)23(15)29-14-22-26-27(17(3)28)24(4,30-22)20-10-9-18-7-5-6-8-19(18)13-20/h9-13H,5-8,14H2,1-4H3/t24-/m1/s1. The van der Waals surface area contributed by atoms with Gasteiger partial charge in [0.1, 0.15) is 5.75 Å². The van der Waals surface area contributed by atoms with E-state index in [4.69, 9.17) is 9.47 Å². The molecule has 2 aromatic carbocycles. The molecular weight excluding hydrogens is 444 g/mol. The average Bonchev–Trinajstić information content (AvgIpc) is 3.05. The predicted molar refractivity (Wildman–Crippen MR) is 121 cm³/mol. The van der Waals surface area contributed by atoms with Gasteiger partial charge in [-0.05, 0) is 80.0 Å². The number of carbonyl (C=O) groups is 1. The number of ether oxygens (including phenoxy) is 2. The molecule has 1 heterocycles. The van der Waals surface area contributed by atoms with E-state index in [0.29, 0.717) is 5.90 Å². The van der Waals surface area contributed by atoms with Crippen LogP contribution in [0.25, 0.3) is 0 Å². The van der Waals surface area contributed by atoms with E-state index in [-0.39, 0.29) is 12.5 Å². The average molecular weight is 471 g/mol. The van der Waals surface area contributed by atoms with Gasteiger partial charge in [0.05, 0.1) is 0 Å². The summed E-state index contributed by atoms with van der Waals surface area (Å²) in [6.45, 7) is 7.57. The van der Waals surface area contributed by atoms with Gasteiger partial charge in [0.25, 0.3) is 0 Å². The number of amides is 1. The molecule has 0 bridgehead atoms. The Morgan fingerprint density at radius 2 is 1.83 bits per heavy atom. The van der Waals surface area contributed by atoms with Crippen molar-refractivity contribution in [1.82, 2.24) is 5.01 Å². The lowest BCUT2D eigenvalue weighted by Gasteiger charge is -2.32. The Morgan fingerprint density at radius 1 is 1.17 bits per heavy atom. The Morgan fingerprint density at radius 3 is 2.50 bits per heavy atom. The molecule has 0 N–H and O–H groups in total. The lowest BCUT2D eigenvalue weighted by atomic mass is 9.88. The Kier molecular flexibility index (Phi) is 5.62. The molecule has 4 rings (SSSR count). The number of rotatable bonds is 4. The van der Waals surface area contributed by atoms with Crippen LogP contribution in [-0.4, -0.2) is 23.4 Å². The van der Waals surface area contributed by atoms with E-state index < -0.39 is 5.72 Å². The molecule has 1 amide bonds. The van der Waals surface area contributed by atoms with E-state index in [2.05, 4.69) is 39.2 Å². The van der Waals surface area contributed by atoms with Crippen molar-refractivity contribution in [1.29, 1.82) is 0 Å². The third-order valence-corrected chi connectivity index (χ3v) is 6.34. The van der Waals surface area contributed by atoms with Gasteiger partial charge in [-0.3, -0.25) is 4.79 Å². The minimum Gasteiger partial charge on any atom is -0.483 e. The molecule has 0 saturated carbocycles. The molecule has 2 aliphatic rings. The van der Waals surface area contributed by atoms with Crippen molar-refractivity contribution in [2.45, 2.75) is 59.1 Å². The van der Waals surface area contributed by atoms with Gasteiger partial charge >= 0.3 is 0 Å². The van der Waals surface area contributed by atoms with Gasteiger partial charge in [-0.1, -0.05) is 28.1 Å². The summed E-state index contributed by atoms with van der Waals surface area (Å²) in [6.07, 6.45) is 4.62.